The van der Waals surface area contributed by atoms with Crippen molar-refractivity contribution in [3.8, 4) is 0 Å². The summed E-state index contributed by atoms with van der Waals surface area (Å²) < 4.78 is 6.26. The van der Waals surface area contributed by atoms with Gasteiger partial charge in [0.25, 0.3) is 5.91 Å². The van der Waals surface area contributed by atoms with Gasteiger partial charge in [-0.15, -0.1) is 11.3 Å². The summed E-state index contributed by atoms with van der Waals surface area (Å²) in [5, 5.41) is 14.3. The van der Waals surface area contributed by atoms with Gasteiger partial charge < -0.3 is 29.9 Å². The lowest BCUT2D eigenvalue weighted by atomic mass is 10.1. The third kappa shape index (κ3) is 6.36. The molecule has 37 heavy (non-hydrogen) atoms. The summed E-state index contributed by atoms with van der Waals surface area (Å²) >= 11 is 1.59. The van der Waals surface area contributed by atoms with Gasteiger partial charge in [-0.3, -0.25) is 4.79 Å². The first-order valence-electron chi connectivity index (χ1n) is 12.2. The van der Waals surface area contributed by atoms with Crippen molar-refractivity contribution in [3.05, 3.63) is 64.0 Å². The van der Waals surface area contributed by atoms with Crippen molar-refractivity contribution in [1.82, 2.24) is 14.9 Å². The minimum atomic E-state index is -0.963. The molecule has 0 unspecified atom stereocenters. The van der Waals surface area contributed by atoms with Gasteiger partial charge in [0.2, 0.25) is 5.95 Å². The molecule has 11 heteroatoms. The molecule has 10 nitrogen and oxygen atoms in total. The Bertz CT molecular complexity index is 1220. The number of ether oxygens (including phenoxy) is 1. The molecule has 0 bridgehead atoms. The second-order valence-electron chi connectivity index (χ2n) is 8.82. The van der Waals surface area contributed by atoms with E-state index in [2.05, 4.69) is 15.3 Å². The molecule has 4 rings (SSSR count). The number of fused-ring (bicyclic) bond motifs is 1. The number of anilines is 3. The summed E-state index contributed by atoms with van der Waals surface area (Å²) in [4.78, 5) is 39.6. The van der Waals surface area contributed by atoms with Crippen molar-refractivity contribution < 1.29 is 19.4 Å². The van der Waals surface area contributed by atoms with E-state index in [0.29, 0.717) is 56.5 Å². The largest absolute Gasteiger partial charge is 0.465 e. The quantitative estimate of drug-likeness (QED) is 0.403. The van der Waals surface area contributed by atoms with Crippen molar-refractivity contribution in [2.75, 3.05) is 55.4 Å². The monoisotopic (exact) mass is 524 g/mol. The number of aromatic nitrogens is 2. The van der Waals surface area contributed by atoms with Crippen LogP contribution in [-0.2, 0) is 11.3 Å². The Morgan fingerprint density at radius 3 is 2.86 bits per heavy atom. The molecule has 0 aliphatic carbocycles. The molecule has 1 aliphatic heterocycles. The van der Waals surface area contributed by atoms with Crippen molar-refractivity contribution in [1.29, 1.82) is 0 Å². The van der Waals surface area contributed by atoms with Crippen LogP contribution >= 0.6 is 11.3 Å². The third-order valence-electron chi connectivity index (χ3n) is 6.19. The Labute approximate surface area is 220 Å². The fourth-order valence-electron chi connectivity index (χ4n) is 4.11. The van der Waals surface area contributed by atoms with Gasteiger partial charge in [0.15, 0.2) is 0 Å². The highest BCUT2D eigenvalue weighted by Gasteiger charge is 2.28. The maximum atomic E-state index is 13.5. The number of amides is 2. The molecule has 1 atom stereocenters. The number of carbonyl (C=O) groups excluding carboxylic acids is 1. The zero-order chi connectivity index (χ0) is 26.4. The molecule has 196 valence electrons. The molecule has 2 amide bonds. The van der Waals surface area contributed by atoms with E-state index < -0.39 is 6.09 Å². The van der Waals surface area contributed by atoms with E-state index >= 15 is 0 Å². The maximum absolute atomic E-state index is 13.5. The molecule has 2 aromatic heterocycles. The van der Waals surface area contributed by atoms with Crippen molar-refractivity contribution in [2.45, 2.75) is 26.1 Å². The van der Waals surface area contributed by atoms with Crippen LogP contribution in [0.15, 0.2) is 48.0 Å². The highest BCUT2D eigenvalue weighted by atomic mass is 32.1. The van der Waals surface area contributed by atoms with Crippen LogP contribution in [0, 0.1) is 0 Å². The average Bonchev–Trinajstić information content (AvgIpc) is 3.40. The normalized spacial score (nSPS) is 14.2. The lowest BCUT2D eigenvalue weighted by molar-refractivity contribution is 0.0310. The topological polar surface area (TPSA) is 111 Å². The number of rotatable bonds is 10. The van der Waals surface area contributed by atoms with Crippen LogP contribution in [0.25, 0.3) is 0 Å². The van der Waals surface area contributed by atoms with Crippen LogP contribution in [0.4, 0.5) is 22.2 Å². The number of hydrogen-bond donors (Lipinski definition) is 2. The first kappa shape index (κ1) is 26.4. The molecule has 0 fully saturated rings. The number of hydrogen-bond acceptors (Lipinski definition) is 8. The Morgan fingerprint density at radius 1 is 1.30 bits per heavy atom. The van der Waals surface area contributed by atoms with Gasteiger partial charge >= 0.3 is 6.09 Å². The standard InChI is InChI=1S/C26H32N6O4S/c1-4-27-25-28-16-20-23(29-25)30(2)12-13-32(24(20)33)19-8-5-7-18(15-19)17-36-21(22-9-6-14-37-22)10-11-31(3)26(34)35/h5-9,14-16,21H,4,10-13,17H2,1-3H3,(H,34,35)(H,27,28,29)/t21-/m0/s1. The zero-order valence-corrected chi connectivity index (χ0v) is 22.1. The average molecular weight is 525 g/mol. The lowest BCUT2D eigenvalue weighted by Gasteiger charge is -2.23. The van der Waals surface area contributed by atoms with Gasteiger partial charge in [-0.25, -0.2) is 9.78 Å². The van der Waals surface area contributed by atoms with Crippen LogP contribution in [0.2, 0.25) is 0 Å². The molecule has 0 saturated heterocycles. The molecule has 0 saturated carbocycles. The highest BCUT2D eigenvalue weighted by Crippen LogP contribution is 2.29. The maximum Gasteiger partial charge on any atom is 0.407 e. The number of carbonyl (C=O) groups is 2. The number of thiophene rings is 1. The fourth-order valence-corrected chi connectivity index (χ4v) is 4.92. The Kier molecular flexibility index (Phi) is 8.57. The van der Waals surface area contributed by atoms with Crippen molar-refractivity contribution >= 4 is 40.8 Å². The molecule has 3 heterocycles. The predicted molar refractivity (Wildman–Crippen MR) is 145 cm³/mol. The van der Waals surface area contributed by atoms with Gasteiger partial charge in [0, 0.05) is 57.0 Å². The van der Waals surface area contributed by atoms with Gasteiger partial charge in [-0.05, 0) is 42.5 Å². The first-order chi connectivity index (χ1) is 17.9. The predicted octanol–water partition coefficient (Wildman–Crippen LogP) is 4.32. The third-order valence-corrected chi connectivity index (χ3v) is 7.15. The number of nitrogens with zero attached hydrogens (tertiary/aromatic N) is 5. The zero-order valence-electron chi connectivity index (χ0n) is 21.3. The fraction of sp³-hybridized carbons (Fsp3) is 0.385. The SMILES string of the molecule is CCNc1ncc2c(n1)N(C)CCN(c1cccc(CO[C@@H](CCN(C)C(=O)O)c3cccs3)c1)C2=O. The van der Waals surface area contributed by atoms with E-state index in [1.807, 2.05) is 60.6 Å². The van der Waals surface area contributed by atoms with Crippen LogP contribution in [0.1, 0.15) is 40.2 Å². The Balaban J connectivity index is 1.50. The van der Waals surface area contributed by atoms with Gasteiger partial charge in [-0.2, -0.15) is 4.98 Å². The van der Waals surface area contributed by atoms with Gasteiger partial charge in [-0.1, -0.05) is 18.2 Å². The number of likely N-dealkylation sites (N-methyl/N-ethyl adjacent to an activating group) is 1. The molecule has 1 aliphatic rings. The molecule has 0 radical (unpaired) electrons. The first-order valence-corrected chi connectivity index (χ1v) is 13.1. The Morgan fingerprint density at radius 2 is 2.14 bits per heavy atom. The highest BCUT2D eigenvalue weighted by molar-refractivity contribution is 7.10. The van der Waals surface area contributed by atoms with Gasteiger partial charge in [0.1, 0.15) is 11.4 Å². The molecule has 0 spiro atoms. The second-order valence-corrected chi connectivity index (χ2v) is 9.80. The minimum absolute atomic E-state index is 0.145. The Hall–Kier alpha value is -3.70. The molecule has 2 N–H and O–H groups in total. The smallest absolute Gasteiger partial charge is 0.407 e. The van der Waals surface area contributed by atoms with E-state index in [1.165, 1.54) is 4.90 Å². The second kappa shape index (κ2) is 12.0. The summed E-state index contributed by atoms with van der Waals surface area (Å²) in [7, 11) is 3.48. The lowest BCUT2D eigenvalue weighted by Crippen LogP contribution is -2.33. The summed E-state index contributed by atoms with van der Waals surface area (Å²) in [6.45, 7) is 4.50. The molecular weight excluding hydrogens is 492 g/mol. The van der Waals surface area contributed by atoms with Crippen LogP contribution in [0.5, 0.6) is 0 Å². The van der Waals surface area contributed by atoms with Crippen LogP contribution in [0.3, 0.4) is 0 Å². The molecule has 1 aromatic carbocycles. The summed E-state index contributed by atoms with van der Waals surface area (Å²) in [5.74, 6) is 0.972. The van der Waals surface area contributed by atoms with Crippen molar-refractivity contribution in [2.24, 2.45) is 0 Å². The van der Waals surface area contributed by atoms with Crippen LogP contribution < -0.4 is 15.1 Å². The summed E-state index contributed by atoms with van der Waals surface area (Å²) in [6.07, 6.45) is 0.944. The van der Waals surface area contributed by atoms with Gasteiger partial charge in [0.05, 0.1) is 12.7 Å². The summed E-state index contributed by atoms with van der Waals surface area (Å²) in [5.41, 5.74) is 2.17. The molecule has 3 aromatic rings. The minimum Gasteiger partial charge on any atom is -0.465 e. The number of carboxylic acid groups (broad SMARTS) is 1. The number of benzene rings is 1. The van der Waals surface area contributed by atoms with Crippen LogP contribution in [-0.4, -0.2) is 72.2 Å². The van der Waals surface area contributed by atoms with E-state index in [-0.39, 0.29) is 12.0 Å². The van der Waals surface area contributed by atoms with E-state index in [1.54, 1.807) is 29.5 Å². The van der Waals surface area contributed by atoms with E-state index in [4.69, 9.17) is 4.74 Å². The summed E-state index contributed by atoms with van der Waals surface area (Å²) in [6, 6.07) is 11.7. The van der Waals surface area contributed by atoms with Crippen molar-refractivity contribution in [3.63, 3.8) is 0 Å². The number of nitrogens with one attached hydrogen (secondary N) is 1. The molecular formula is C26H32N6O4S. The van der Waals surface area contributed by atoms with E-state index in [9.17, 15) is 14.7 Å². The van der Waals surface area contributed by atoms with E-state index in [0.717, 1.165) is 16.1 Å².